The van der Waals surface area contributed by atoms with Gasteiger partial charge in [0.2, 0.25) is 11.8 Å². The fourth-order valence-corrected chi connectivity index (χ4v) is 2.95. The van der Waals surface area contributed by atoms with E-state index in [9.17, 15) is 18.9 Å². The number of halogens is 2. The van der Waals surface area contributed by atoms with Crippen LogP contribution in [0.15, 0.2) is 51.8 Å². The van der Waals surface area contributed by atoms with Crippen LogP contribution >= 0.6 is 11.8 Å². The SMILES string of the molecule is CC(Sc1ccc(F)cc1F)c1nnc(-c2ccc([N+](=O)[O-])cc2)o1. The lowest BCUT2D eigenvalue weighted by Gasteiger charge is -2.07. The molecule has 3 rings (SSSR count). The molecule has 2 aromatic carbocycles. The summed E-state index contributed by atoms with van der Waals surface area (Å²) in [7, 11) is 0. The minimum atomic E-state index is -0.660. The summed E-state index contributed by atoms with van der Waals surface area (Å²) < 4.78 is 32.2. The standard InChI is InChI=1S/C16H11F2N3O3S/c1-9(25-14-7-4-11(17)8-13(14)18)15-19-20-16(24-15)10-2-5-12(6-3-10)21(22)23/h2-9H,1H3. The zero-order chi connectivity index (χ0) is 18.0. The van der Waals surface area contributed by atoms with Gasteiger partial charge in [0.05, 0.1) is 10.2 Å². The Labute approximate surface area is 145 Å². The van der Waals surface area contributed by atoms with Crippen LogP contribution in [-0.2, 0) is 0 Å². The molecule has 1 atom stereocenters. The van der Waals surface area contributed by atoms with Crippen LogP contribution in [-0.4, -0.2) is 15.1 Å². The molecular formula is C16H11F2N3O3S. The highest BCUT2D eigenvalue weighted by molar-refractivity contribution is 7.99. The summed E-state index contributed by atoms with van der Waals surface area (Å²) in [6.45, 7) is 1.75. The van der Waals surface area contributed by atoms with E-state index in [-0.39, 0.29) is 27.6 Å². The minimum absolute atomic E-state index is 0.0424. The van der Waals surface area contributed by atoms with E-state index < -0.39 is 16.6 Å². The van der Waals surface area contributed by atoms with Crippen molar-refractivity contribution in [2.24, 2.45) is 0 Å². The number of thioether (sulfide) groups is 1. The first-order chi connectivity index (χ1) is 11.9. The Kier molecular flexibility index (Phi) is 4.75. The molecule has 0 saturated heterocycles. The van der Waals surface area contributed by atoms with Crippen LogP contribution in [0.4, 0.5) is 14.5 Å². The predicted octanol–water partition coefficient (Wildman–Crippen LogP) is 4.78. The van der Waals surface area contributed by atoms with E-state index in [1.165, 1.54) is 36.4 Å². The van der Waals surface area contributed by atoms with Crippen LogP contribution in [0.25, 0.3) is 11.5 Å². The van der Waals surface area contributed by atoms with Crippen LogP contribution in [0.1, 0.15) is 18.1 Å². The summed E-state index contributed by atoms with van der Waals surface area (Å²) >= 11 is 1.12. The molecule has 25 heavy (non-hydrogen) atoms. The van der Waals surface area contributed by atoms with Gasteiger partial charge >= 0.3 is 0 Å². The predicted molar refractivity (Wildman–Crippen MR) is 87.0 cm³/mol. The molecule has 0 N–H and O–H groups in total. The number of hydrogen-bond acceptors (Lipinski definition) is 6. The van der Waals surface area contributed by atoms with Gasteiger partial charge in [0.25, 0.3) is 5.69 Å². The number of nitrogens with zero attached hydrogens (tertiary/aromatic N) is 3. The van der Waals surface area contributed by atoms with Gasteiger partial charge in [0, 0.05) is 28.7 Å². The molecule has 3 aromatic rings. The Hall–Kier alpha value is -2.81. The van der Waals surface area contributed by atoms with E-state index in [0.29, 0.717) is 5.56 Å². The van der Waals surface area contributed by atoms with Crippen molar-refractivity contribution in [3.8, 4) is 11.5 Å². The maximum Gasteiger partial charge on any atom is 0.269 e. The maximum atomic E-state index is 13.7. The third-order valence-corrected chi connectivity index (χ3v) is 4.45. The second-order valence-corrected chi connectivity index (χ2v) is 6.47. The van der Waals surface area contributed by atoms with Crippen LogP contribution in [0.5, 0.6) is 0 Å². The van der Waals surface area contributed by atoms with Crippen molar-refractivity contribution in [3.05, 3.63) is 70.1 Å². The minimum Gasteiger partial charge on any atom is -0.419 e. The molecule has 0 aliphatic carbocycles. The van der Waals surface area contributed by atoms with Crippen molar-refractivity contribution >= 4 is 17.4 Å². The van der Waals surface area contributed by atoms with Crippen molar-refractivity contribution < 1.29 is 18.1 Å². The lowest BCUT2D eigenvalue weighted by Crippen LogP contribution is -1.91. The number of benzene rings is 2. The first kappa shape index (κ1) is 17.0. The fourth-order valence-electron chi connectivity index (χ4n) is 2.05. The summed E-state index contributed by atoms with van der Waals surface area (Å²) in [5, 5.41) is 18.1. The van der Waals surface area contributed by atoms with Gasteiger partial charge in [-0.3, -0.25) is 10.1 Å². The van der Waals surface area contributed by atoms with Gasteiger partial charge in [0.1, 0.15) is 11.6 Å². The molecule has 0 aliphatic rings. The smallest absolute Gasteiger partial charge is 0.269 e. The molecule has 0 bridgehead atoms. The van der Waals surface area contributed by atoms with Gasteiger partial charge in [-0.25, -0.2) is 8.78 Å². The number of nitro benzene ring substituents is 1. The average Bonchev–Trinajstić information content (AvgIpc) is 3.07. The van der Waals surface area contributed by atoms with Crippen LogP contribution in [0.3, 0.4) is 0 Å². The molecular weight excluding hydrogens is 352 g/mol. The Morgan fingerprint density at radius 3 is 2.52 bits per heavy atom. The maximum absolute atomic E-state index is 13.7. The molecule has 0 fully saturated rings. The van der Waals surface area contributed by atoms with E-state index in [4.69, 9.17) is 4.42 Å². The number of non-ortho nitro benzene ring substituents is 1. The monoisotopic (exact) mass is 363 g/mol. The zero-order valence-corrected chi connectivity index (χ0v) is 13.7. The van der Waals surface area contributed by atoms with E-state index >= 15 is 0 Å². The van der Waals surface area contributed by atoms with Gasteiger partial charge in [-0.1, -0.05) is 0 Å². The van der Waals surface area contributed by atoms with E-state index in [0.717, 1.165) is 17.8 Å². The van der Waals surface area contributed by atoms with Crippen molar-refractivity contribution in [2.75, 3.05) is 0 Å². The Balaban J connectivity index is 1.77. The van der Waals surface area contributed by atoms with Gasteiger partial charge in [0.15, 0.2) is 0 Å². The number of hydrogen-bond donors (Lipinski definition) is 0. The molecule has 128 valence electrons. The van der Waals surface area contributed by atoms with E-state index in [1.807, 2.05) is 0 Å². The topological polar surface area (TPSA) is 82.1 Å². The van der Waals surface area contributed by atoms with Gasteiger partial charge in [-0.2, -0.15) is 0 Å². The molecule has 6 nitrogen and oxygen atoms in total. The highest BCUT2D eigenvalue weighted by Gasteiger charge is 2.18. The van der Waals surface area contributed by atoms with Crippen LogP contribution in [0, 0.1) is 21.7 Å². The molecule has 0 aliphatic heterocycles. The third-order valence-electron chi connectivity index (χ3n) is 3.31. The summed E-state index contributed by atoms with van der Waals surface area (Å²) in [4.78, 5) is 10.4. The largest absolute Gasteiger partial charge is 0.419 e. The Morgan fingerprint density at radius 2 is 1.88 bits per heavy atom. The Morgan fingerprint density at radius 1 is 1.16 bits per heavy atom. The highest BCUT2D eigenvalue weighted by Crippen LogP contribution is 2.36. The first-order valence-corrected chi connectivity index (χ1v) is 8.02. The molecule has 0 spiro atoms. The summed E-state index contributed by atoms with van der Waals surface area (Å²) in [5.41, 5.74) is 0.494. The number of aromatic nitrogens is 2. The molecule has 0 amide bonds. The molecule has 1 unspecified atom stereocenters. The molecule has 0 radical (unpaired) electrons. The van der Waals surface area contributed by atoms with Crippen molar-refractivity contribution in [1.29, 1.82) is 0 Å². The zero-order valence-electron chi connectivity index (χ0n) is 12.8. The van der Waals surface area contributed by atoms with Crippen molar-refractivity contribution in [3.63, 3.8) is 0 Å². The second-order valence-electron chi connectivity index (χ2n) is 5.08. The van der Waals surface area contributed by atoms with Crippen molar-refractivity contribution in [1.82, 2.24) is 10.2 Å². The normalized spacial score (nSPS) is 12.1. The molecule has 0 saturated carbocycles. The lowest BCUT2D eigenvalue weighted by atomic mass is 10.2. The van der Waals surface area contributed by atoms with E-state index in [1.54, 1.807) is 6.92 Å². The summed E-state index contributed by atoms with van der Waals surface area (Å²) in [5.74, 6) is -0.835. The lowest BCUT2D eigenvalue weighted by molar-refractivity contribution is -0.384. The van der Waals surface area contributed by atoms with Gasteiger partial charge in [-0.15, -0.1) is 22.0 Å². The van der Waals surface area contributed by atoms with E-state index in [2.05, 4.69) is 10.2 Å². The summed E-state index contributed by atoms with van der Waals surface area (Å²) in [6.07, 6.45) is 0. The third kappa shape index (κ3) is 3.82. The number of rotatable bonds is 5. The van der Waals surface area contributed by atoms with Crippen LogP contribution < -0.4 is 0 Å². The van der Waals surface area contributed by atoms with Crippen LogP contribution in [0.2, 0.25) is 0 Å². The highest BCUT2D eigenvalue weighted by atomic mass is 32.2. The summed E-state index contributed by atoms with van der Waals surface area (Å²) in [6, 6.07) is 9.02. The molecule has 1 heterocycles. The van der Waals surface area contributed by atoms with Crippen molar-refractivity contribution in [2.45, 2.75) is 17.1 Å². The number of nitro groups is 1. The Bertz CT molecular complexity index is 915. The fraction of sp³-hybridized carbons (Fsp3) is 0.125. The van der Waals surface area contributed by atoms with Gasteiger partial charge in [-0.05, 0) is 31.2 Å². The quantitative estimate of drug-likeness (QED) is 0.369. The second kappa shape index (κ2) is 6.98. The average molecular weight is 363 g/mol. The first-order valence-electron chi connectivity index (χ1n) is 7.14. The molecule has 9 heteroatoms. The molecule has 1 aromatic heterocycles. The van der Waals surface area contributed by atoms with Gasteiger partial charge < -0.3 is 4.42 Å².